The van der Waals surface area contributed by atoms with Crippen molar-refractivity contribution < 1.29 is 40.6 Å². The van der Waals surface area contributed by atoms with Crippen molar-refractivity contribution in [2.24, 2.45) is 0 Å². The number of benzene rings is 3. The third kappa shape index (κ3) is 7.90. The summed E-state index contributed by atoms with van der Waals surface area (Å²) in [5.74, 6) is -4.70. The van der Waals surface area contributed by atoms with E-state index in [-0.39, 0.29) is 30.9 Å². The zero-order valence-electron chi connectivity index (χ0n) is 23.2. The fourth-order valence-electron chi connectivity index (χ4n) is 5.14. The minimum Gasteiger partial charge on any atom is -0.488 e. The second kappa shape index (κ2) is 13.1. The number of nitrogens with one attached hydrogen (secondary N) is 1. The first-order chi connectivity index (χ1) is 20.6. The van der Waals surface area contributed by atoms with Crippen LogP contribution in [0.25, 0.3) is 5.57 Å². The van der Waals surface area contributed by atoms with Gasteiger partial charge in [-0.3, -0.25) is 4.79 Å². The topological polar surface area (TPSA) is 50.8 Å². The smallest absolute Gasteiger partial charge is 0.488 e. The first kappa shape index (κ1) is 30.5. The molecule has 1 N–H and O–H groups in total. The number of halogens is 6. The number of carbonyl (C=O) groups is 1. The minimum atomic E-state index is -4.80. The monoisotopic (exact) mass is 604 g/mol. The van der Waals surface area contributed by atoms with Crippen LogP contribution in [0.3, 0.4) is 0 Å². The number of amides is 1. The van der Waals surface area contributed by atoms with E-state index in [0.29, 0.717) is 49.6 Å². The summed E-state index contributed by atoms with van der Waals surface area (Å²) in [6.07, 6.45) is -1.52. The van der Waals surface area contributed by atoms with E-state index < -0.39 is 29.6 Å². The van der Waals surface area contributed by atoms with Crippen molar-refractivity contribution in [2.45, 2.75) is 51.1 Å². The Balaban J connectivity index is 1.25. The van der Waals surface area contributed by atoms with Gasteiger partial charge in [-0.25, -0.2) is 8.78 Å². The predicted molar refractivity (Wildman–Crippen MR) is 148 cm³/mol. The first-order valence-electron chi connectivity index (χ1n) is 14.0. The lowest BCUT2D eigenvalue weighted by atomic mass is 9.92. The molecule has 1 saturated carbocycles. The van der Waals surface area contributed by atoms with Crippen molar-refractivity contribution in [3.05, 3.63) is 100 Å². The van der Waals surface area contributed by atoms with Crippen LogP contribution in [-0.2, 0) is 17.8 Å². The Labute approximate surface area is 245 Å². The summed E-state index contributed by atoms with van der Waals surface area (Å²) in [5, 5.41) is 3.26. The zero-order chi connectivity index (χ0) is 30.6. The van der Waals surface area contributed by atoms with E-state index in [4.69, 9.17) is 4.74 Å². The van der Waals surface area contributed by atoms with Crippen LogP contribution in [0.5, 0.6) is 11.5 Å². The highest BCUT2D eigenvalue weighted by molar-refractivity contribution is 6.02. The molecule has 0 saturated heterocycles. The van der Waals surface area contributed by atoms with Gasteiger partial charge in [0.2, 0.25) is 5.82 Å². The molecule has 3 aromatic carbocycles. The van der Waals surface area contributed by atoms with E-state index in [1.54, 1.807) is 11.0 Å². The van der Waals surface area contributed by atoms with Gasteiger partial charge in [0.25, 0.3) is 5.91 Å². The molecule has 0 bridgehead atoms. The number of alkyl halides is 3. The molecule has 43 heavy (non-hydrogen) atoms. The Bertz CT molecular complexity index is 1490. The lowest BCUT2D eigenvalue weighted by molar-refractivity contribution is -0.274. The SMILES string of the molecule is O=C(C1=C(c2ccc(CCCOc3c(F)ccc(F)c3F)cc2)CCNC1)N(Cc1cccc(OC(F)(F)F)c1)C1CC1. The van der Waals surface area contributed by atoms with Crippen molar-refractivity contribution in [3.8, 4) is 11.5 Å². The number of aryl methyl sites for hydroxylation is 1. The molecule has 5 nitrogen and oxygen atoms in total. The Kier molecular flexibility index (Phi) is 9.29. The molecule has 2 aliphatic rings. The molecule has 1 aliphatic heterocycles. The molecule has 0 atom stereocenters. The highest BCUT2D eigenvalue weighted by Gasteiger charge is 2.36. The summed E-state index contributed by atoms with van der Waals surface area (Å²) < 4.78 is 88.2. The molecule has 0 aromatic heterocycles. The van der Waals surface area contributed by atoms with Gasteiger partial charge in [-0.05, 0) is 85.2 Å². The minimum absolute atomic E-state index is 0.00322. The molecule has 11 heteroatoms. The molecule has 1 amide bonds. The van der Waals surface area contributed by atoms with E-state index in [0.717, 1.165) is 35.6 Å². The summed E-state index contributed by atoms with van der Waals surface area (Å²) in [5.41, 5.74) is 3.93. The number of nitrogens with zero attached hydrogens (tertiary/aromatic N) is 1. The molecule has 0 radical (unpaired) electrons. The highest BCUT2D eigenvalue weighted by Crippen LogP contribution is 2.34. The third-order valence-electron chi connectivity index (χ3n) is 7.37. The quantitative estimate of drug-likeness (QED) is 0.146. The van der Waals surface area contributed by atoms with Crippen LogP contribution in [0.4, 0.5) is 26.3 Å². The van der Waals surface area contributed by atoms with Crippen LogP contribution < -0.4 is 14.8 Å². The second-order valence-corrected chi connectivity index (χ2v) is 10.6. The predicted octanol–water partition coefficient (Wildman–Crippen LogP) is 6.95. The fraction of sp³-hybridized carbons (Fsp3) is 0.344. The van der Waals surface area contributed by atoms with Gasteiger partial charge in [0, 0.05) is 24.7 Å². The van der Waals surface area contributed by atoms with Gasteiger partial charge in [0.05, 0.1) is 6.61 Å². The Morgan fingerprint density at radius 3 is 2.42 bits per heavy atom. The van der Waals surface area contributed by atoms with Crippen molar-refractivity contribution in [1.82, 2.24) is 10.2 Å². The Hall–Kier alpha value is -3.99. The van der Waals surface area contributed by atoms with Crippen LogP contribution in [0.1, 0.15) is 42.4 Å². The van der Waals surface area contributed by atoms with Gasteiger partial charge in [-0.2, -0.15) is 4.39 Å². The van der Waals surface area contributed by atoms with Crippen LogP contribution in [0, 0.1) is 17.5 Å². The van der Waals surface area contributed by atoms with Gasteiger partial charge in [-0.1, -0.05) is 36.4 Å². The lowest BCUT2D eigenvalue weighted by Crippen LogP contribution is -2.39. The average molecular weight is 605 g/mol. The molecule has 1 aliphatic carbocycles. The van der Waals surface area contributed by atoms with Gasteiger partial charge < -0.3 is 19.7 Å². The number of ether oxygens (including phenoxy) is 2. The van der Waals surface area contributed by atoms with Crippen molar-refractivity contribution >= 4 is 11.5 Å². The maximum atomic E-state index is 13.8. The van der Waals surface area contributed by atoms with Gasteiger partial charge in [0.15, 0.2) is 17.4 Å². The summed E-state index contributed by atoms with van der Waals surface area (Å²) in [6.45, 7) is 1.23. The summed E-state index contributed by atoms with van der Waals surface area (Å²) >= 11 is 0. The van der Waals surface area contributed by atoms with E-state index in [2.05, 4.69) is 10.1 Å². The number of hydrogen-bond donors (Lipinski definition) is 1. The molecule has 228 valence electrons. The van der Waals surface area contributed by atoms with Gasteiger partial charge in [0.1, 0.15) is 5.75 Å². The maximum absolute atomic E-state index is 13.8. The van der Waals surface area contributed by atoms with E-state index >= 15 is 0 Å². The lowest BCUT2D eigenvalue weighted by Gasteiger charge is -2.28. The van der Waals surface area contributed by atoms with Crippen molar-refractivity contribution in [2.75, 3.05) is 19.7 Å². The summed E-state index contributed by atoms with van der Waals surface area (Å²) in [4.78, 5) is 15.6. The molecule has 5 rings (SSSR count). The zero-order valence-corrected chi connectivity index (χ0v) is 23.2. The van der Waals surface area contributed by atoms with Crippen LogP contribution in [0.15, 0.2) is 66.2 Å². The maximum Gasteiger partial charge on any atom is 0.573 e. The van der Waals surface area contributed by atoms with E-state index in [1.165, 1.54) is 18.2 Å². The molecule has 0 spiro atoms. The second-order valence-electron chi connectivity index (χ2n) is 10.6. The fourth-order valence-corrected chi connectivity index (χ4v) is 5.14. The molecule has 1 heterocycles. The van der Waals surface area contributed by atoms with Crippen molar-refractivity contribution in [1.29, 1.82) is 0 Å². The number of hydrogen-bond acceptors (Lipinski definition) is 4. The molecule has 1 fully saturated rings. The van der Waals surface area contributed by atoms with Gasteiger partial charge in [-0.15, -0.1) is 13.2 Å². The summed E-state index contributed by atoms with van der Waals surface area (Å²) in [7, 11) is 0. The molecular weight excluding hydrogens is 574 g/mol. The Morgan fingerprint density at radius 1 is 0.953 bits per heavy atom. The Morgan fingerprint density at radius 2 is 1.70 bits per heavy atom. The number of rotatable bonds is 11. The number of carbonyl (C=O) groups excluding carboxylic acids is 1. The standard InChI is InChI=1S/C32H30F6N2O3/c33-27-12-13-28(34)30(29(27)35)42-16-2-4-20-6-8-22(9-7-20)25-14-15-39-18-26(25)31(41)40(23-10-11-23)19-21-3-1-5-24(17-21)43-32(36,37)38/h1,3,5-9,12-13,17,23,39H,2,4,10-11,14-16,18-19H2. The normalized spacial score (nSPS) is 15.4. The van der Waals surface area contributed by atoms with Crippen LogP contribution in [-0.4, -0.2) is 42.9 Å². The van der Waals surface area contributed by atoms with E-state index in [1.807, 2.05) is 24.3 Å². The average Bonchev–Trinajstić information content (AvgIpc) is 3.82. The molecular formula is C32H30F6N2O3. The molecule has 3 aromatic rings. The van der Waals surface area contributed by atoms with Gasteiger partial charge >= 0.3 is 6.36 Å². The van der Waals surface area contributed by atoms with E-state index in [9.17, 15) is 31.1 Å². The van der Waals surface area contributed by atoms with Crippen LogP contribution >= 0.6 is 0 Å². The third-order valence-corrected chi connectivity index (χ3v) is 7.37. The highest BCUT2D eigenvalue weighted by atomic mass is 19.4. The summed E-state index contributed by atoms with van der Waals surface area (Å²) in [6, 6.07) is 14.9. The molecule has 0 unspecified atom stereocenters. The van der Waals surface area contributed by atoms with Crippen LogP contribution in [0.2, 0.25) is 0 Å². The first-order valence-corrected chi connectivity index (χ1v) is 14.0. The van der Waals surface area contributed by atoms with Crippen molar-refractivity contribution in [3.63, 3.8) is 0 Å². The largest absolute Gasteiger partial charge is 0.573 e.